The Balaban J connectivity index is 1.89. The summed E-state index contributed by atoms with van der Waals surface area (Å²) in [6.45, 7) is 2.51. The lowest BCUT2D eigenvalue weighted by molar-refractivity contribution is -0.178. The summed E-state index contributed by atoms with van der Waals surface area (Å²) < 4.78 is 5.65. The minimum absolute atomic E-state index is 0.358. The second-order valence-electron chi connectivity index (χ2n) is 6.09. The molecular formula is C17H25NO3. The van der Waals surface area contributed by atoms with Crippen molar-refractivity contribution in [3.05, 3.63) is 35.9 Å². The lowest BCUT2D eigenvalue weighted by atomic mass is 9.59. The summed E-state index contributed by atoms with van der Waals surface area (Å²) in [5.74, 6) is -0.344. The van der Waals surface area contributed by atoms with Gasteiger partial charge in [-0.15, -0.1) is 0 Å². The molecule has 1 aliphatic carbocycles. The van der Waals surface area contributed by atoms with Gasteiger partial charge in [0.15, 0.2) is 0 Å². The van der Waals surface area contributed by atoms with Gasteiger partial charge in [0.05, 0.1) is 6.61 Å². The molecule has 0 radical (unpaired) electrons. The molecule has 116 valence electrons. The van der Waals surface area contributed by atoms with Crippen molar-refractivity contribution in [2.75, 3.05) is 0 Å². The first-order valence-corrected chi connectivity index (χ1v) is 7.73. The van der Waals surface area contributed by atoms with Crippen molar-refractivity contribution in [2.45, 2.75) is 51.9 Å². The first kappa shape index (κ1) is 16.0. The molecule has 4 heteroatoms. The molecule has 1 unspecified atom stereocenters. The van der Waals surface area contributed by atoms with Crippen LogP contribution >= 0.6 is 0 Å². The lowest BCUT2D eigenvalue weighted by Gasteiger charge is -2.47. The molecule has 1 saturated carbocycles. The number of carboxylic acids is 1. The lowest BCUT2D eigenvalue weighted by Crippen LogP contribution is -2.56. The van der Waals surface area contributed by atoms with E-state index in [9.17, 15) is 9.90 Å². The number of benzene rings is 1. The zero-order valence-corrected chi connectivity index (χ0v) is 12.6. The van der Waals surface area contributed by atoms with Crippen molar-refractivity contribution in [1.29, 1.82) is 0 Å². The number of hydrogen-bond acceptors (Lipinski definition) is 3. The van der Waals surface area contributed by atoms with Crippen molar-refractivity contribution in [2.24, 2.45) is 17.1 Å². The molecule has 3 N–H and O–H groups in total. The molecule has 0 bridgehead atoms. The van der Waals surface area contributed by atoms with E-state index < -0.39 is 17.6 Å². The van der Waals surface area contributed by atoms with Crippen LogP contribution in [0.15, 0.2) is 30.3 Å². The number of carbonyl (C=O) groups is 1. The van der Waals surface area contributed by atoms with Gasteiger partial charge in [0, 0.05) is 0 Å². The predicted octanol–water partition coefficient (Wildman–Crippen LogP) is 3.16. The summed E-state index contributed by atoms with van der Waals surface area (Å²) in [5.41, 5.74) is 6.16. The van der Waals surface area contributed by atoms with Crippen molar-refractivity contribution < 1.29 is 14.6 Å². The van der Waals surface area contributed by atoms with Crippen LogP contribution in [0, 0.1) is 11.3 Å². The molecule has 0 saturated heterocycles. The smallest absolute Gasteiger partial charge is 0.313 e. The Morgan fingerprint density at radius 1 is 1.43 bits per heavy atom. The van der Waals surface area contributed by atoms with Gasteiger partial charge in [-0.3, -0.25) is 4.79 Å². The van der Waals surface area contributed by atoms with E-state index in [1.165, 1.54) is 0 Å². The number of ether oxygens (including phenoxy) is 1. The van der Waals surface area contributed by atoms with Crippen molar-refractivity contribution in [3.8, 4) is 0 Å². The minimum atomic E-state index is -0.896. The normalized spacial score (nSPS) is 26.1. The van der Waals surface area contributed by atoms with Crippen LogP contribution < -0.4 is 5.73 Å². The van der Waals surface area contributed by atoms with Gasteiger partial charge in [-0.1, -0.05) is 56.5 Å². The summed E-state index contributed by atoms with van der Waals surface area (Å²) >= 11 is 0. The summed E-state index contributed by atoms with van der Waals surface area (Å²) in [4.78, 5) is 11.6. The van der Waals surface area contributed by atoms with Crippen LogP contribution in [0.3, 0.4) is 0 Å². The molecule has 0 aromatic heterocycles. The van der Waals surface area contributed by atoms with E-state index in [1.807, 2.05) is 30.3 Å². The van der Waals surface area contributed by atoms with Crippen molar-refractivity contribution >= 4 is 5.97 Å². The van der Waals surface area contributed by atoms with Crippen LogP contribution in [0.5, 0.6) is 0 Å². The number of hydrogen-bond donors (Lipinski definition) is 2. The van der Waals surface area contributed by atoms with Crippen LogP contribution in [0.4, 0.5) is 0 Å². The largest absolute Gasteiger partial charge is 0.481 e. The zero-order valence-electron chi connectivity index (χ0n) is 12.6. The van der Waals surface area contributed by atoms with Crippen LogP contribution in [-0.4, -0.2) is 17.3 Å². The molecule has 0 amide bonds. The molecule has 1 aromatic rings. The highest BCUT2D eigenvalue weighted by Crippen LogP contribution is 2.50. The number of aliphatic carboxylic acids is 1. The van der Waals surface area contributed by atoms with Gasteiger partial charge in [-0.05, 0) is 24.3 Å². The molecule has 1 atom stereocenters. The number of rotatable bonds is 8. The number of nitrogens with two attached hydrogens (primary N) is 1. The van der Waals surface area contributed by atoms with Crippen LogP contribution in [0.25, 0.3) is 0 Å². The fourth-order valence-corrected chi connectivity index (χ4v) is 3.12. The maximum atomic E-state index is 11.6. The van der Waals surface area contributed by atoms with E-state index >= 15 is 0 Å². The van der Waals surface area contributed by atoms with Gasteiger partial charge >= 0.3 is 5.97 Å². The molecule has 0 heterocycles. The summed E-state index contributed by atoms with van der Waals surface area (Å²) in [7, 11) is 0. The van der Waals surface area contributed by atoms with Gasteiger partial charge in [-0.25, -0.2) is 0 Å². The fourth-order valence-electron chi connectivity index (χ4n) is 3.12. The summed E-state index contributed by atoms with van der Waals surface area (Å²) in [5, 5.41) is 9.53. The highest BCUT2D eigenvalue weighted by Gasteiger charge is 2.54. The number of carboxylic acid groups (broad SMARTS) is 1. The SMILES string of the molecule is CCCCC1CC(C(=O)O)(C(N)OCc2ccccc2)C1. The quantitative estimate of drug-likeness (QED) is 0.722. The Labute approximate surface area is 126 Å². The third kappa shape index (κ3) is 3.63. The topological polar surface area (TPSA) is 72.5 Å². The molecule has 4 nitrogen and oxygen atoms in total. The summed E-state index contributed by atoms with van der Waals surface area (Å²) in [6, 6.07) is 9.70. The molecule has 1 fully saturated rings. The average Bonchev–Trinajstić information content (AvgIpc) is 2.44. The molecule has 1 aromatic carbocycles. The third-order valence-corrected chi connectivity index (χ3v) is 4.51. The fraction of sp³-hybridized carbons (Fsp3) is 0.588. The highest BCUT2D eigenvalue weighted by molar-refractivity contribution is 5.76. The van der Waals surface area contributed by atoms with E-state index in [0.717, 1.165) is 24.8 Å². The van der Waals surface area contributed by atoms with E-state index in [1.54, 1.807) is 0 Å². The minimum Gasteiger partial charge on any atom is -0.481 e. The highest BCUT2D eigenvalue weighted by atomic mass is 16.5. The van der Waals surface area contributed by atoms with E-state index in [0.29, 0.717) is 25.4 Å². The molecule has 0 spiro atoms. The molecule has 0 aliphatic heterocycles. The maximum Gasteiger partial charge on any atom is 0.313 e. The Hall–Kier alpha value is -1.39. The van der Waals surface area contributed by atoms with Gasteiger partial charge < -0.3 is 15.6 Å². The first-order chi connectivity index (χ1) is 10.1. The Morgan fingerprint density at radius 2 is 2.10 bits per heavy atom. The average molecular weight is 291 g/mol. The van der Waals surface area contributed by atoms with Gasteiger partial charge in [0.25, 0.3) is 0 Å². The predicted molar refractivity (Wildman–Crippen MR) is 81.5 cm³/mol. The van der Waals surface area contributed by atoms with Crippen molar-refractivity contribution in [3.63, 3.8) is 0 Å². The first-order valence-electron chi connectivity index (χ1n) is 7.73. The third-order valence-electron chi connectivity index (χ3n) is 4.51. The molecule has 21 heavy (non-hydrogen) atoms. The van der Waals surface area contributed by atoms with Gasteiger partial charge in [0.1, 0.15) is 11.6 Å². The standard InChI is InChI=1S/C17H25NO3/c1-2-3-7-14-10-17(11-14,16(19)20)15(18)21-12-13-8-5-4-6-9-13/h4-6,8-9,14-15H,2-3,7,10-12,18H2,1H3,(H,19,20). The van der Waals surface area contributed by atoms with Crippen LogP contribution in [0.2, 0.25) is 0 Å². The van der Waals surface area contributed by atoms with Crippen LogP contribution in [0.1, 0.15) is 44.6 Å². The Bertz CT molecular complexity index is 454. The van der Waals surface area contributed by atoms with E-state index in [2.05, 4.69) is 6.92 Å². The Kier molecular flexibility index (Phi) is 5.37. The molecule has 1 aliphatic rings. The molecular weight excluding hydrogens is 266 g/mol. The molecule has 2 rings (SSSR count). The van der Waals surface area contributed by atoms with Gasteiger partial charge in [-0.2, -0.15) is 0 Å². The van der Waals surface area contributed by atoms with Crippen molar-refractivity contribution in [1.82, 2.24) is 0 Å². The van der Waals surface area contributed by atoms with Crippen LogP contribution in [-0.2, 0) is 16.1 Å². The van der Waals surface area contributed by atoms with E-state index in [4.69, 9.17) is 10.5 Å². The number of unbranched alkanes of at least 4 members (excludes halogenated alkanes) is 1. The monoisotopic (exact) mass is 291 g/mol. The van der Waals surface area contributed by atoms with Gasteiger partial charge in [0.2, 0.25) is 0 Å². The second-order valence-corrected chi connectivity index (χ2v) is 6.09. The maximum absolute atomic E-state index is 11.6. The second kappa shape index (κ2) is 7.05. The van der Waals surface area contributed by atoms with E-state index in [-0.39, 0.29) is 0 Å². The summed E-state index contributed by atoms with van der Waals surface area (Å²) in [6.07, 6.45) is 3.93. The Morgan fingerprint density at radius 3 is 2.67 bits per heavy atom. The zero-order chi connectivity index (χ0) is 15.3.